The van der Waals surface area contributed by atoms with E-state index in [0.717, 1.165) is 42.9 Å². The minimum Gasteiger partial charge on any atom is -0.348 e. The Kier molecular flexibility index (Phi) is 4.97. The van der Waals surface area contributed by atoms with Crippen LogP contribution in [0.15, 0.2) is 36.4 Å². The third-order valence-corrected chi connectivity index (χ3v) is 5.31. The molecule has 2 amide bonds. The Hall–Kier alpha value is -2.63. The van der Waals surface area contributed by atoms with Crippen molar-refractivity contribution in [2.75, 3.05) is 26.2 Å². The molecular weight excluding hydrogens is 362 g/mol. The van der Waals surface area contributed by atoms with Gasteiger partial charge >= 0.3 is 0 Å². The summed E-state index contributed by atoms with van der Waals surface area (Å²) >= 11 is 6.18. The summed E-state index contributed by atoms with van der Waals surface area (Å²) < 4.78 is 0. The van der Waals surface area contributed by atoms with E-state index in [1.165, 1.54) is 0 Å². The molecule has 2 aromatic rings. The van der Waals surface area contributed by atoms with Gasteiger partial charge in [0.25, 0.3) is 11.8 Å². The monoisotopic (exact) mass is 381 g/mol. The number of carbonyl (C=O) groups is 2. The highest BCUT2D eigenvalue weighted by atomic mass is 35.5. The Morgan fingerprint density at radius 2 is 1.78 bits per heavy atom. The largest absolute Gasteiger partial charge is 0.348 e. The number of rotatable bonds is 3. The Morgan fingerprint density at radius 1 is 1.04 bits per heavy atom. The fourth-order valence-corrected chi connectivity index (χ4v) is 3.68. The van der Waals surface area contributed by atoms with Gasteiger partial charge < -0.3 is 15.5 Å². The van der Waals surface area contributed by atoms with Gasteiger partial charge in [0.15, 0.2) is 0 Å². The molecule has 0 unspecified atom stereocenters. The molecule has 4 rings (SSSR count). The molecule has 0 radical (unpaired) electrons. The summed E-state index contributed by atoms with van der Waals surface area (Å²) in [4.78, 5) is 26.5. The quantitative estimate of drug-likeness (QED) is 0.804. The molecule has 2 aliphatic heterocycles. The van der Waals surface area contributed by atoms with Crippen LogP contribution < -0.4 is 10.6 Å². The summed E-state index contributed by atoms with van der Waals surface area (Å²) in [6.07, 6.45) is 3.85. The highest BCUT2D eigenvalue weighted by Crippen LogP contribution is 2.28. The first-order chi connectivity index (χ1) is 13.1. The zero-order valence-electron chi connectivity index (χ0n) is 14.8. The molecule has 27 heavy (non-hydrogen) atoms. The Morgan fingerprint density at radius 3 is 2.52 bits per heavy atom. The SMILES string of the molecule is O=C1NCc2c(Cl)ccc(/C=C/c3ccc(C(=O)N4CCNCC4)cc3)c21. The van der Waals surface area contributed by atoms with E-state index < -0.39 is 0 Å². The van der Waals surface area contributed by atoms with Crippen LogP contribution in [0, 0.1) is 0 Å². The molecule has 2 aliphatic rings. The van der Waals surface area contributed by atoms with E-state index in [4.69, 9.17) is 11.6 Å². The lowest BCUT2D eigenvalue weighted by atomic mass is 10.0. The number of piperazine rings is 1. The van der Waals surface area contributed by atoms with Crippen LogP contribution in [0.1, 0.15) is 37.4 Å². The smallest absolute Gasteiger partial charge is 0.253 e. The summed E-state index contributed by atoms with van der Waals surface area (Å²) in [6.45, 7) is 3.63. The second-order valence-corrected chi connectivity index (χ2v) is 7.08. The Balaban J connectivity index is 1.52. The van der Waals surface area contributed by atoms with Gasteiger partial charge in [-0.15, -0.1) is 0 Å². The number of halogens is 1. The lowest BCUT2D eigenvalue weighted by molar-refractivity contribution is 0.0735. The van der Waals surface area contributed by atoms with Gasteiger partial charge in [0, 0.05) is 48.9 Å². The van der Waals surface area contributed by atoms with E-state index in [-0.39, 0.29) is 11.8 Å². The third-order valence-electron chi connectivity index (χ3n) is 4.96. The number of hydrogen-bond acceptors (Lipinski definition) is 3. The summed E-state index contributed by atoms with van der Waals surface area (Å²) in [6, 6.07) is 11.2. The molecule has 5 nitrogen and oxygen atoms in total. The van der Waals surface area contributed by atoms with Crippen molar-refractivity contribution in [3.8, 4) is 0 Å². The number of nitrogens with one attached hydrogen (secondary N) is 2. The van der Waals surface area contributed by atoms with Crippen LogP contribution >= 0.6 is 11.6 Å². The predicted molar refractivity (Wildman–Crippen MR) is 107 cm³/mol. The number of hydrogen-bond donors (Lipinski definition) is 2. The summed E-state index contributed by atoms with van der Waals surface area (Å²) in [5, 5.41) is 6.67. The maximum absolute atomic E-state index is 12.5. The highest BCUT2D eigenvalue weighted by molar-refractivity contribution is 6.32. The van der Waals surface area contributed by atoms with Gasteiger partial charge in [-0.05, 0) is 29.3 Å². The van der Waals surface area contributed by atoms with Crippen LogP contribution in [0.3, 0.4) is 0 Å². The van der Waals surface area contributed by atoms with Crippen LogP contribution in [0.2, 0.25) is 5.02 Å². The molecule has 0 aromatic heterocycles. The minimum absolute atomic E-state index is 0.0687. The van der Waals surface area contributed by atoms with E-state index >= 15 is 0 Å². The van der Waals surface area contributed by atoms with E-state index in [2.05, 4.69) is 10.6 Å². The Bertz CT molecular complexity index is 916. The van der Waals surface area contributed by atoms with Crippen molar-refractivity contribution in [2.45, 2.75) is 6.54 Å². The zero-order valence-corrected chi connectivity index (χ0v) is 15.6. The van der Waals surface area contributed by atoms with Gasteiger partial charge in [0.1, 0.15) is 0 Å². The average Bonchev–Trinajstić information content (AvgIpc) is 3.11. The molecule has 0 aliphatic carbocycles. The molecule has 0 saturated carbocycles. The van der Waals surface area contributed by atoms with Crippen molar-refractivity contribution < 1.29 is 9.59 Å². The normalized spacial score (nSPS) is 16.5. The second-order valence-electron chi connectivity index (χ2n) is 6.67. The number of nitrogens with zero attached hydrogens (tertiary/aromatic N) is 1. The van der Waals surface area contributed by atoms with Crippen molar-refractivity contribution in [2.24, 2.45) is 0 Å². The highest BCUT2D eigenvalue weighted by Gasteiger charge is 2.23. The molecule has 1 saturated heterocycles. The first-order valence-electron chi connectivity index (χ1n) is 9.01. The average molecular weight is 382 g/mol. The minimum atomic E-state index is -0.0934. The van der Waals surface area contributed by atoms with Crippen LogP contribution in [0.5, 0.6) is 0 Å². The fraction of sp³-hybridized carbons (Fsp3) is 0.238. The van der Waals surface area contributed by atoms with Gasteiger partial charge in [0.05, 0.1) is 5.56 Å². The van der Waals surface area contributed by atoms with Crippen LogP contribution in [0.25, 0.3) is 12.2 Å². The summed E-state index contributed by atoms with van der Waals surface area (Å²) in [5.74, 6) is -0.0247. The standard InChI is InChI=1S/C21H20ClN3O2/c22-18-8-7-15(19-17(18)13-24-20(19)26)4-1-14-2-5-16(6-3-14)21(27)25-11-9-23-10-12-25/h1-8,23H,9-13H2,(H,24,26)/b4-1+. The van der Waals surface area contributed by atoms with E-state index in [0.29, 0.717) is 22.7 Å². The zero-order chi connectivity index (χ0) is 18.8. The van der Waals surface area contributed by atoms with Gasteiger partial charge in [-0.1, -0.05) is 42.0 Å². The van der Waals surface area contributed by atoms with Gasteiger partial charge in [-0.3, -0.25) is 9.59 Å². The van der Waals surface area contributed by atoms with Crippen molar-refractivity contribution in [3.63, 3.8) is 0 Å². The first kappa shape index (κ1) is 17.8. The molecule has 138 valence electrons. The number of fused-ring (bicyclic) bond motifs is 1. The van der Waals surface area contributed by atoms with Gasteiger partial charge in [0.2, 0.25) is 0 Å². The lowest BCUT2D eigenvalue weighted by Gasteiger charge is -2.27. The summed E-state index contributed by atoms with van der Waals surface area (Å²) in [7, 11) is 0. The molecule has 0 spiro atoms. The number of carbonyl (C=O) groups excluding carboxylic acids is 2. The topological polar surface area (TPSA) is 61.4 Å². The Labute approximate surface area is 163 Å². The molecule has 0 atom stereocenters. The molecular formula is C21H20ClN3O2. The predicted octanol–water partition coefficient (Wildman–Crippen LogP) is 2.80. The van der Waals surface area contributed by atoms with Crippen LogP contribution in [-0.2, 0) is 6.54 Å². The maximum atomic E-state index is 12.5. The molecule has 6 heteroatoms. The molecule has 2 N–H and O–H groups in total. The van der Waals surface area contributed by atoms with Gasteiger partial charge in [-0.25, -0.2) is 0 Å². The second kappa shape index (κ2) is 7.55. The third kappa shape index (κ3) is 3.61. The fourth-order valence-electron chi connectivity index (χ4n) is 3.45. The summed E-state index contributed by atoms with van der Waals surface area (Å²) in [5.41, 5.74) is 3.99. The number of amides is 2. The van der Waals surface area contributed by atoms with Crippen molar-refractivity contribution >= 4 is 35.6 Å². The maximum Gasteiger partial charge on any atom is 0.253 e. The van der Waals surface area contributed by atoms with Crippen molar-refractivity contribution in [1.29, 1.82) is 0 Å². The van der Waals surface area contributed by atoms with Crippen LogP contribution in [0.4, 0.5) is 0 Å². The number of benzene rings is 2. The van der Waals surface area contributed by atoms with E-state index in [1.807, 2.05) is 53.5 Å². The van der Waals surface area contributed by atoms with E-state index in [1.54, 1.807) is 0 Å². The first-order valence-corrected chi connectivity index (χ1v) is 9.39. The molecule has 2 aromatic carbocycles. The van der Waals surface area contributed by atoms with Crippen LogP contribution in [-0.4, -0.2) is 42.9 Å². The molecule has 2 heterocycles. The van der Waals surface area contributed by atoms with Gasteiger partial charge in [-0.2, -0.15) is 0 Å². The van der Waals surface area contributed by atoms with E-state index in [9.17, 15) is 9.59 Å². The molecule has 1 fully saturated rings. The molecule has 0 bridgehead atoms. The van der Waals surface area contributed by atoms with Crippen molar-refractivity contribution in [3.05, 3.63) is 69.2 Å². The lowest BCUT2D eigenvalue weighted by Crippen LogP contribution is -2.46. The van der Waals surface area contributed by atoms with Crippen molar-refractivity contribution in [1.82, 2.24) is 15.5 Å².